The first-order chi connectivity index (χ1) is 7.82. The lowest BCUT2D eigenvalue weighted by molar-refractivity contribution is -0.260. The van der Waals surface area contributed by atoms with Crippen LogP contribution in [0.15, 0.2) is 0 Å². The third-order valence-electron chi connectivity index (χ3n) is 2.66. The Morgan fingerprint density at radius 1 is 1.35 bits per heavy atom. The molecule has 17 heavy (non-hydrogen) atoms. The van der Waals surface area contributed by atoms with Gasteiger partial charge in [0.25, 0.3) is 0 Å². The van der Waals surface area contributed by atoms with Gasteiger partial charge in [-0.15, -0.1) is 0 Å². The molecule has 0 aromatic heterocycles. The minimum absolute atomic E-state index is 0.548. The fourth-order valence-corrected chi connectivity index (χ4v) is 2.11. The Bertz CT molecular complexity index is 295. The zero-order valence-electron chi connectivity index (χ0n) is 9.46. The topological polar surface area (TPSA) is 126 Å². The van der Waals surface area contributed by atoms with Gasteiger partial charge in [0.2, 0.25) is 0 Å². The van der Waals surface area contributed by atoms with E-state index in [0.29, 0.717) is 0 Å². The van der Waals surface area contributed by atoms with Crippen LogP contribution in [-0.2, 0) is 18.3 Å². The van der Waals surface area contributed by atoms with Gasteiger partial charge in [0.1, 0.15) is 12.2 Å². The normalized spacial score (nSPS) is 42.1. The summed E-state index contributed by atoms with van der Waals surface area (Å²) < 4.78 is 25.2. The van der Waals surface area contributed by atoms with Crippen molar-refractivity contribution < 1.29 is 38.6 Å². The van der Waals surface area contributed by atoms with Gasteiger partial charge in [0.05, 0.1) is 12.7 Å². The average molecular weight is 272 g/mol. The van der Waals surface area contributed by atoms with Crippen LogP contribution in [0.3, 0.4) is 0 Å². The number of ether oxygens (including phenoxy) is 1. The molecular formula is C8H17O8P. The molecule has 1 saturated heterocycles. The third kappa shape index (κ3) is 3.46. The predicted octanol–water partition coefficient (Wildman–Crippen LogP) is -1.18. The van der Waals surface area contributed by atoms with E-state index >= 15 is 0 Å². The second-order valence-electron chi connectivity index (χ2n) is 3.82. The fourth-order valence-electron chi connectivity index (χ4n) is 1.51. The van der Waals surface area contributed by atoms with Crippen LogP contribution in [0.5, 0.6) is 0 Å². The van der Waals surface area contributed by atoms with Gasteiger partial charge in [0.15, 0.2) is 6.29 Å². The highest BCUT2D eigenvalue weighted by Crippen LogP contribution is 2.46. The summed E-state index contributed by atoms with van der Waals surface area (Å²) >= 11 is 0. The van der Waals surface area contributed by atoms with Crippen molar-refractivity contribution in [2.45, 2.75) is 31.5 Å². The van der Waals surface area contributed by atoms with Gasteiger partial charge in [-0.25, -0.2) is 4.57 Å². The number of rotatable bonds is 4. The number of phosphoric acid groups is 1. The van der Waals surface area contributed by atoms with E-state index in [-0.39, 0.29) is 0 Å². The molecule has 102 valence electrons. The van der Waals surface area contributed by atoms with Gasteiger partial charge < -0.3 is 24.9 Å². The number of hydrogen-bond donors (Lipinski definition) is 4. The molecular weight excluding hydrogens is 255 g/mol. The highest BCUT2D eigenvalue weighted by atomic mass is 31.2. The quantitative estimate of drug-likeness (QED) is 0.471. The second-order valence-corrected chi connectivity index (χ2v) is 5.34. The highest BCUT2D eigenvalue weighted by Gasteiger charge is 2.44. The molecule has 0 saturated carbocycles. The maximum absolute atomic E-state index is 11.2. The molecule has 1 rings (SSSR count). The molecule has 1 aliphatic heterocycles. The van der Waals surface area contributed by atoms with Crippen LogP contribution >= 0.6 is 7.82 Å². The van der Waals surface area contributed by atoms with Crippen LogP contribution in [0, 0.1) is 5.92 Å². The van der Waals surface area contributed by atoms with E-state index in [1.54, 1.807) is 0 Å². The zero-order chi connectivity index (χ0) is 13.2. The van der Waals surface area contributed by atoms with Crippen molar-refractivity contribution >= 4 is 7.82 Å². The summed E-state index contributed by atoms with van der Waals surface area (Å²) in [6.07, 6.45) is -4.84. The molecule has 0 aromatic carbocycles. The van der Waals surface area contributed by atoms with Crippen molar-refractivity contribution in [1.82, 2.24) is 0 Å². The van der Waals surface area contributed by atoms with Crippen LogP contribution < -0.4 is 0 Å². The lowest BCUT2D eigenvalue weighted by Crippen LogP contribution is -2.55. The number of phosphoric ester groups is 1. The van der Waals surface area contributed by atoms with E-state index in [0.717, 1.165) is 7.11 Å². The predicted molar refractivity (Wildman–Crippen MR) is 54.8 cm³/mol. The fraction of sp³-hybridized carbons (Fsp3) is 1.00. The summed E-state index contributed by atoms with van der Waals surface area (Å²) in [5.41, 5.74) is 0. The molecule has 0 radical (unpaired) electrons. The Balaban J connectivity index is 2.75. The minimum Gasteiger partial charge on any atom is -0.394 e. The Morgan fingerprint density at radius 2 is 1.94 bits per heavy atom. The largest absolute Gasteiger partial charge is 0.474 e. The number of aliphatic hydroxyl groups excluding tert-OH is 3. The Hall–Kier alpha value is -0.0500. The maximum atomic E-state index is 11.2. The van der Waals surface area contributed by atoms with Crippen molar-refractivity contribution in [3.05, 3.63) is 0 Å². The van der Waals surface area contributed by atoms with Gasteiger partial charge >= 0.3 is 7.82 Å². The molecule has 9 heteroatoms. The molecule has 1 heterocycles. The molecule has 1 aliphatic rings. The molecule has 0 bridgehead atoms. The lowest BCUT2D eigenvalue weighted by Gasteiger charge is -2.40. The highest BCUT2D eigenvalue weighted by molar-refractivity contribution is 7.47. The van der Waals surface area contributed by atoms with E-state index in [1.807, 2.05) is 0 Å². The van der Waals surface area contributed by atoms with E-state index in [9.17, 15) is 14.8 Å². The van der Waals surface area contributed by atoms with Crippen molar-refractivity contribution in [2.75, 3.05) is 13.7 Å². The monoisotopic (exact) mass is 272 g/mol. The van der Waals surface area contributed by atoms with E-state index in [2.05, 4.69) is 9.05 Å². The first kappa shape index (κ1) is 15.0. The Labute approximate surface area is 98.4 Å². The molecule has 3 unspecified atom stereocenters. The molecule has 0 aliphatic carbocycles. The molecule has 8 nitrogen and oxygen atoms in total. The van der Waals surface area contributed by atoms with Crippen molar-refractivity contribution in [1.29, 1.82) is 0 Å². The molecule has 0 amide bonds. The van der Waals surface area contributed by atoms with Crippen molar-refractivity contribution in [3.8, 4) is 0 Å². The van der Waals surface area contributed by atoms with Crippen LogP contribution in [0.4, 0.5) is 0 Å². The van der Waals surface area contributed by atoms with E-state index in [4.69, 9.17) is 14.7 Å². The number of hydrogen-bond acceptors (Lipinski definition) is 7. The summed E-state index contributed by atoms with van der Waals surface area (Å²) in [5, 5.41) is 28.1. The third-order valence-corrected chi connectivity index (χ3v) is 3.59. The number of aliphatic hydroxyl groups is 3. The second kappa shape index (κ2) is 5.73. The molecule has 1 fully saturated rings. The van der Waals surface area contributed by atoms with Crippen LogP contribution in [0.1, 0.15) is 6.92 Å². The SMILES string of the molecule is COP(=O)(O)O[C@H]1OC(CO)[C@@H](O)[C@H](O)C1C. The van der Waals surface area contributed by atoms with Gasteiger partial charge in [0, 0.05) is 13.0 Å². The van der Waals surface area contributed by atoms with E-state index in [1.165, 1.54) is 6.92 Å². The molecule has 4 N–H and O–H groups in total. The summed E-state index contributed by atoms with van der Waals surface area (Å²) in [5.74, 6) is -0.747. The summed E-state index contributed by atoms with van der Waals surface area (Å²) in [6, 6.07) is 0. The van der Waals surface area contributed by atoms with Crippen LogP contribution in [-0.4, -0.2) is 58.5 Å². The van der Waals surface area contributed by atoms with Crippen molar-refractivity contribution in [3.63, 3.8) is 0 Å². The first-order valence-electron chi connectivity index (χ1n) is 5.01. The Kier molecular flexibility index (Phi) is 5.06. The Morgan fingerprint density at radius 3 is 2.41 bits per heavy atom. The minimum atomic E-state index is -4.26. The summed E-state index contributed by atoms with van der Waals surface area (Å²) in [7, 11) is -3.27. The molecule has 0 aromatic rings. The molecule has 6 atom stereocenters. The van der Waals surface area contributed by atoms with Crippen LogP contribution in [0.2, 0.25) is 0 Å². The van der Waals surface area contributed by atoms with Crippen molar-refractivity contribution in [2.24, 2.45) is 5.92 Å². The zero-order valence-corrected chi connectivity index (χ0v) is 10.4. The van der Waals surface area contributed by atoms with Crippen LogP contribution in [0.25, 0.3) is 0 Å². The summed E-state index contributed by atoms with van der Waals surface area (Å²) in [6.45, 7) is 0.926. The first-order valence-corrected chi connectivity index (χ1v) is 6.51. The van der Waals surface area contributed by atoms with E-state index < -0.39 is 44.9 Å². The van der Waals surface area contributed by atoms with Gasteiger partial charge in [-0.3, -0.25) is 9.05 Å². The molecule has 0 spiro atoms. The van der Waals surface area contributed by atoms with Gasteiger partial charge in [-0.05, 0) is 0 Å². The summed E-state index contributed by atoms with van der Waals surface area (Å²) in [4.78, 5) is 9.13. The standard InChI is InChI=1S/C8H17O8P/c1-4-6(10)7(11)5(3-9)15-8(4)16-17(12,13)14-2/h4-11H,3H2,1-2H3,(H,12,13)/t4?,5?,6-,7-,8-/m1/s1. The lowest BCUT2D eigenvalue weighted by atomic mass is 9.93. The van der Waals surface area contributed by atoms with Gasteiger partial charge in [-0.1, -0.05) is 6.92 Å². The van der Waals surface area contributed by atoms with Gasteiger partial charge in [-0.2, -0.15) is 0 Å². The average Bonchev–Trinajstić information content (AvgIpc) is 2.30. The maximum Gasteiger partial charge on any atom is 0.474 e. The smallest absolute Gasteiger partial charge is 0.394 e.